The van der Waals surface area contributed by atoms with Crippen molar-refractivity contribution < 1.29 is 9.18 Å². The first-order valence-corrected chi connectivity index (χ1v) is 5.64. The maximum atomic E-state index is 13.0. The molecule has 1 atom stereocenters. The molecule has 0 radical (unpaired) electrons. The van der Waals surface area contributed by atoms with E-state index in [0.29, 0.717) is 11.6 Å². The van der Waals surface area contributed by atoms with E-state index in [1.165, 1.54) is 18.2 Å². The van der Waals surface area contributed by atoms with Gasteiger partial charge in [0.25, 0.3) is 0 Å². The lowest BCUT2D eigenvalue weighted by molar-refractivity contribution is 0.0929. The molecule has 1 aromatic rings. The first-order chi connectivity index (χ1) is 7.56. The number of carbonyl (C=O) groups is 1. The Labute approximate surface area is 99.8 Å². The third-order valence-corrected chi connectivity index (χ3v) is 2.67. The summed E-state index contributed by atoms with van der Waals surface area (Å²) in [6, 6.07) is 3.84. The zero-order valence-corrected chi connectivity index (χ0v) is 10.1. The van der Waals surface area contributed by atoms with Gasteiger partial charge in [0, 0.05) is 18.0 Å². The van der Waals surface area contributed by atoms with Gasteiger partial charge in [0.05, 0.1) is 5.02 Å². The molecular weight excluding hydrogens is 229 g/mol. The smallest absolute Gasteiger partial charge is 0.168 e. The van der Waals surface area contributed by atoms with Crippen molar-refractivity contribution in [2.75, 3.05) is 13.1 Å². The summed E-state index contributed by atoms with van der Waals surface area (Å²) in [6.45, 7) is 5.13. The minimum atomic E-state index is -0.441. The fourth-order valence-corrected chi connectivity index (χ4v) is 1.62. The third-order valence-electron chi connectivity index (χ3n) is 2.34. The van der Waals surface area contributed by atoms with Gasteiger partial charge in [-0.3, -0.25) is 4.79 Å². The Morgan fingerprint density at radius 1 is 1.56 bits per heavy atom. The van der Waals surface area contributed by atoms with Crippen molar-refractivity contribution in [3.63, 3.8) is 0 Å². The van der Waals surface area contributed by atoms with E-state index < -0.39 is 5.82 Å². The van der Waals surface area contributed by atoms with Crippen molar-refractivity contribution in [2.45, 2.75) is 13.8 Å². The first kappa shape index (κ1) is 13.1. The van der Waals surface area contributed by atoms with E-state index in [4.69, 9.17) is 11.6 Å². The minimum Gasteiger partial charge on any atom is -0.316 e. The lowest BCUT2D eigenvalue weighted by atomic mass is 9.99. The number of halogens is 2. The number of ketones is 1. The Hall–Kier alpha value is -0.930. The molecule has 88 valence electrons. The van der Waals surface area contributed by atoms with Gasteiger partial charge in [-0.1, -0.05) is 25.4 Å². The molecule has 0 spiro atoms. The van der Waals surface area contributed by atoms with Gasteiger partial charge >= 0.3 is 0 Å². The van der Waals surface area contributed by atoms with E-state index in [0.717, 1.165) is 6.54 Å². The molecule has 0 amide bonds. The molecule has 16 heavy (non-hydrogen) atoms. The van der Waals surface area contributed by atoms with Gasteiger partial charge in [0.1, 0.15) is 5.82 Å². The molecule has 0 saturated heterocycles. The van der Waals surface area contributed by atoms with E-state index in [2.05, 4.69) is 5.32 Å². The van der Waals surface area contributed by atoms with E-state index in [-0.39, 0.29) is 17.3 Å². The summed E-state index contributed by atoms with van der Waals surface area (Å²) >= 11 is 5.86. The molecule has 0 heterocycles. The SMILES string of the molecule is CCNCC(C)C(=O)c1cc(F)ccc1Cl. The number of rotatable bonds is 5. The number of Topliss-reactive ketones (excluding diaryl/α,β-unsaturated/α-hetero) is 1. The normalized spacial score (nSPS) is 12.5. The molecule has 0 fully saturated rings. The van der Waals surface area contributed by atoms with Crippen LogP contribution in [0.5, 0.6) is 0 Å². The first-order valence-electron chi connectivity index (χ1n) is 5.26. The number of hydrogen-bond acceptors (Lipinski definition) is 2. The summed E-state index contributed by atoms with van der Waals surface area (Å²) in [4.78, 5) is 11.9. The van der Waals surface area contributed by atoms with E-state index in [9.17, 15) is 9.18 Å². The molecular formula is C12H15ClFNO. The Morgan fingerprint density at radius 2 is 2.25 bits per heavy atom. The summed E-state index contributed by atoms with van der Waals surface area (Å²) in [5.41, 5.74) is 0.257. The van der Waals surface area contributed by atoms with Gasteiger partial charge in [-0.15, -0.1) is 0 Å². The van der Waals surface area contributed by atoms with E-state index in [1.54, 1.807) is 6.92 Å². The van der Waals surface area contributed by atoms with Crippen molar-refractivity contribution in [2.24, 2.45) is 5.92 Å². The molecule has 1 unspecified atom stereocenters. The molecule has 0 aliphatic carbocycles. The standard InChI is InChI=1S/C12H15ClFNO/c1-3-15-7-8(2)12(16)10-6-9(14)4-5-11(10)13/h4-6,8,15H,3,7H2,1-2H3. The van der Waals surface area contributed by atoms with Crippen LogP contribution in [0.25, 0.3) is 0 Å². The van der Waals surface area contributed by atoms with Crippen LogP contribution in [0.1, 0.15) is 24.2 Å². The predicted octanol–water partition coefficient (Wildman–Crippen LogP) is 2.91. The average Bonchev–Trinajstić information content (AvgIpc) is 2.28. The van der Waals surface area contributed by atoms with Crippen LogP contribution in [-0.4, -0.2) is 18.9 Å². The maximum absolute atomic E-state index is 13.0. The zero-order valence-electron chi connectivity index (χ0n) is 9.39. The second-order valence-corrected chi connectivity index (χ2v) is 4.10. The highest BCUT2D eigenvalue weighted by Gasteiger charge is 2.17. The van der Waals surface area contributed by atoms with E-state index >= 15 is 0 Å². The van der Waals surface area contributed by atoms with Gasteiger partial charge in [-0.25, -0.2) is 4.39 Å². The van der Waals surface area contributed by atoms with Crippen molar-refractivity contribution in [1.29, 1.82) is 0 Å². The van der Waals surface area contributed by atoms with Gasteiger partial charge in [0.15, 0.2) is 5.78 Å². The van der Waals surface area contributed by atoms with E-state index in [1.807, 2.05) is 6.92 Å². The van der Waals surface area contributed by atoms with Crippen LogP contribution in [0.2, 0.25) is 5.02 Å². The summed E-state index contributed by atoms with van der Waals surface area (Å²) < 4.78 is 13.0. The van der Waals surface area contributed by atoms with Crippen LogP contribution in [-0.2, 0) is 0 Å². The van der Waals surface area contributed by atoms with Crippen LogP contribution in [0.4, 0.5) is 4.39 Å². The summed E-state index contributed by atoms with van der Waals surface area (Å²) in [5, 5.41) is 3.38. The quantitative estimate of drug-likeness (QED) is 0.806. The fourth-order valence-electron chi connectivity index (χ4n) is 1.41. The van der Waals surface area contributed by atoms with Crippen molar-refractivity contribution in [1.82, 2.24) is 5.32 Å². The summed E-state index contributed by atoms with van der Waals surface area (Å²) in [7, 11) is 0. The number of carbonyl (C=O) groups excluding carboxylic acids is 1. The summed E-state index contributed by atoms with van der Waals surface area (Å²) in [6.07, 6.45) is 0. The van der Waals surface area contributed by atoms with Crippen LogP contribution < -0.4 is 5.32 Å². The number of benzene rings is 1. The zero-order chi connectivity index (χ0) is 12.1. The lowest BCUT2D eigenvalue weighted by Gasteiger charge is -2.11. The largest absolute Gasteiger partial charge is 0.316 e. The van der Waals surface area contributed by atoms with Crippen LogP contribution in [0.15, 0.2) is 18.2 Å². The molecule has 4 heteroatoms. The monoisotopic (exact) mass is 243 g/mol. The molecule has 2 nitrogen and oxygen atoms in total. The molecule has 0 bridgehead atoms. The van der Waals surface area contributed by atoms with Gasteiger partial charge in [-0.2, -0.15) is 0 Å². The topological polar surface area (TPSA) is 29.1 Å². The Bertz CT molecular complexity index is 381. The second kappa shape index (κ2) is 5.97. The second-order valence-electron chi connectivity index (χ2n) is 3.70. The molecule has 0 aliphatic rings. The van der Waals surface area contributed by atoms with Crippen molar-refractivity contribution in [3.05, 3.63) is 34.6 Å². The number of hydrogen-bond donors (Lipinski definition) is 1. The van der Waals surface area contributed by atoms with Crippen molar-refractivity contribution in [3.8, 4) is 0 Å². The third kappa shape index (κ3) is 3.29. The molecule has 1 rings (SSSR count). The molecule has 0 aliphatic heterocycles. The molecule has 0 aromatic heterocycles. The Kier molecular flexibility index (Phi) is 4.90. The fraction of sp³-hybridized carbons (Fsp3) is 0.417. The van der Waals surface area contributed by atoms with Crippen LogP contribution in [0, 0.1) is 11.7 Å². The van der Waals surface area contributed by atoms with Crippen LogP contribution in [0.3, 0.4) is 0 Å². The lowest BCUT2D eigenvalue weighted by Crippen LogP contribution is -2.26. The highest BCUT2D eigenvalue weighted by molar-refractivity contribution is 6.34. The summed E-state index contributed by atoms with van der Waals surface area (Å²) in [5.74, 6) is -0.784. The highest BCUT2D eigenvalue weighted by Crippen LogP contribution is 2.20. The maximum Gasteiger partial charge on any atom is 0.168 e. The predicted molar refractivity (Wildman–Crippen MR) is 63.4 cm³/mol. The Morgan fingerprint density at radius 3 is 2.88 bits per heavy atom. The highest BCUT2D eigenvalue weighted by atomic mass is 35.5. The van der Waals surface area contributed by atoms with Gasteiger partial charge < -0.3 is 5.32 Å². The minimum absolute atomic E-state index is 0.134. The Balaban J connectivity index is 2.83. The van der Waals surface area contributed by atoms with Crippen LogP contribution >= 0.6 is 11.6 Å². The molecule has 1 aromatic carbocycles. The van der Waals surface area contributed by atoms with Crippen molar-refractivity contribution >= 4 is 17.4 Å². The molecule has 1 N–H and O–H groups in total. The average molecular weight is 244 g/mol. The molecule has 0 saturated carbocycles. The van der Waals surface area contributed by atoms with Gasteiger partial charge in [-0.05, 0) is 24.7 Å². The number of nitrogens with one attached hydrogen (secondary N) is 1. The van der Waals surface area contributed by atoms with Gasteiger partial charge in [0.2, 0.25) is 0 Å².